The van der Waals surface area contributed by atoms with Gasteiger partial charge in [0.05, 0.1) is 17.0 Å². The number of aromatic nitrogens is 1. The number of amides is 1. The summed E-state index contributed by atoms with van der Waals surface area (Å²) < 4.78 is 13.6. The zero-order valence-corrected chi connectivity index (χ0v) is 13.7. The smallest absolute Gasteiger partial charge is 0.235 e. The number of carbonyl (C=O) groups is 1. The molecule has 22 heavy (non-hydrogen) atoms. The molecule has 0 aliphatic rings. The maximum absolute atomic E-state index is 13.6. The molecule has 0 N–H and O–H groups in total. The van der Waals surface area contributed by atoms with Crippen molar-refractivity contribution in [3.05, 3.63) is 65.7 Å². The van der Waals surface area contributed by atoms with Crippen molar-refractivity contribution in [2.45, 2.75) is 18.2 Å². The van der Waals surface area contributed by atoms with Gasteiger partial charge in [-0.2, -0.15) is 11.8 Å². The Morgan fingerprint density at radius 2 is 2.05 bits per heavy atom. The third-order valence-electron chi connectivity index (χ3n) is 3.57. The molecule has 1 aromatic carbocycles. The van der Waals surface area contributed by atoms with Gasteiger partial charge in [0.1, 0.15) is 5.82 Å². The number of hydrogen-bond acceptors (Lipinski definition) is 3. The molecule has 2 atom stereocenters. The topological polar surface area (TPSA) is 33.2 Å². The van der Waals surface area contributed by atoms with Crippen LogP contribution in [0, 0.1) is 5.82 Å². The molecule has 116 valence electrons. The molecule has 0 aliphatic heterocycles. The van der Waals surface area contributed by atoms with Crippen LogP contribution in [0.2, 0.25) is 0 Å². The van der Waals surface area contributed by atoms with Crippen molar-refractivity contribution >= 4 is 17.7 Å². The van der Waals surface area contributed by atoms with Crippen molar-refractivity contribution in [3.8, 4) is 0 Å². The number of carbonyl (C=O) groups excluding carboxylic acids is 1. The van der Waals surface area contributed by atoms with Crippen LogP contribution in [-0.4, -0.2) is 34.3 Å². The zero-order chi connectivity index (χ0) is 16.1. The first-order chi connectivity index (χ1) is 10.5. The van der Waals surface area contributed by atoms with Gasteiger partial charge in [0, 0.05) is 13.2 Å². The van der Waals surface area contributed by atoms with Crippen LogP contribution in [0.4, 0.5) is 4.39 Å². The lowest BCUT2D eigenvalue weighted by molar-refractivity contribution is -0.130. The summed E-state index contributed by atoms with van der Waals surface area (Å²) in [4.78, 5) is 18.5. The lowest BCUT2D eigenvalue weighted by Gasteiger charge is -2.30. The van der Waals surface area contributed by atoms with Crippen molar-refractivity contribution in [1.82, 2.24) is 9.88 Å². The standard InChI is InChI=1S/C17H19FN2OS/c1-12(22-3)17(21)20(2)16(15-9-4-5-10-19-15)13-7-6-8-14(18)11-13/h4-12,16H,1-3H3/t12-,16-/m1/s1. The number of rotatable bonds is 5. The second kappa shape index (κ2) is 7.40. The monoisotopic (exact) mass is 318 g/mol. The van der Waals surface area contributed by atoms with Gasteiger partial charge < -0.3 is 4.90 Å². The summed E-state index contributed by atoms with van der Waals surface area (Å²) >= 11 is 1.49. The van der Waals surface area contributed by atoms with Crippen molar-refractivity contribution < 1.29 is 9.18 Å². The molecular formula is C17H19FN2OS. The highest BCUT2D eigenvalue weighted by Gasteiger charge is 2.27. The Hall–Kier alpha value is -1.88. The average Bonchev–Trinajstić information content (AvgIpc) is 2.54. The van der Waals surface area contributed by atoms with Crippen molar-refractivity contribution in [2.75, 3.05) is 13.3 Å². The highest BCUT2D eigenvalue weighted by Crippen LogP contribution is 2.28. The van der Waals surface area contributed by atoms with E-state index in [4.69, 9.17) is 0 Å². The quantitative estimate of drug-likeness (QED) is 0.846. The Kier molecular flexibility index (Phi) is 5.55. The van der Waals surface area contributed by atoms with E-state index < -0.39 is 6.04 Å². The minimum absolute atomic E-state index is 0.00702. The molecule has 0 aliphatic carbocycles. The summed E-state index contributed by atoms with van der Waals surface area (Å²) in [7, 11) is 1.74. The van der Waals surface area contributed by atoms with E-state index >= 15 is 0 Å². The zero-order valence-electron chi connectivity index (χ0n) is 12.9. The maximum atomic E-state index is 13.6. The first-order valence-corrected chi connectivity index (χ1v) is 8.29. The number of benzene rings is 1. The van der Waals surface area contributed by atoms with E-state index in [-0.39, 0.29) is 17.0 Å². The molecule has 0 bridgehead atoms. The molecule has 0 radical (unpaired) electrons. The number of hydrogen-bond donors (Lipinski definition) is 0. The van der Waals surface area contributed by atoms with Gasteiger partial charge in [-0.25, -0.2) is 4.39 Å². The lowest BCUT2D eigenvalue weighted by Crippen LogP contribution is -2.37. The molecule has 5 heteroatoms. The number of nitrogens with zero attached hydrogens (tertiary/aromatic N) is 2. The van der Waals surface area contributed by atoms with Crippen LogP contribution >= 0.6 is 11.8 Å². The molecule has 0 unspecified atom stereocenters. The lowest BCUT2D eigenvalue weighted by atomic mass is 10.0. The fraction of sp³-hybridized carbons (Fsp3) is 0.294. The number of pyridine rings is 1. The fourth-order valence-corrected chi connectivity index (χ4v) is 2.69. The van der Waals surface area contributed by atoms with Crippen LogP contribution in [0.1, 0.15) is 24.2 Å². The van der Waals surface area contributed by atoms with Crippen LogP contribution in [-0.2, 0) is 4.79 Å². The molecule has 1 heterocycles. The molecule has 3 nitrogen and oxygen atoms in total. The minimum Gasteiger partial charge on any atom is -0.332 e. The number of halogens is 1. The molecule has 2 aromatic rings. The Balaban J connectivity index is 2.44. The SMILES string of the molecule is CS[C@H](C)C(=O)N(C)[C@H](c1cccc(F)c1)c1ccccn1. The van der Waals surface area contributed by atoms with Crippen LogP contribution in [0.5, 0.6) is 0 Å². The predicted octanol–water partition coefficient (Wildman–Crippen LogP) is 3.52. The van der Waals surface area contributed by atoms with Crippen molar-refractivity contribution in [2.24, 2.45) is 0 Å². The summed E-state index contributed by atoms with van der Waals surface area (Å²) in [5.41, 5.74) is 1.43. The van der Waals surface area contributed by atoms with E-state index in [1.54, 1.807) is 24.2 Å². The molecule has 2 rings (SSSR count). The Morgan fingerprint density at radius 3 is 2.64 bits per heavy atom. The van der Waals surface area contributed by atoms with Crippen LogP contribution in [0.15, 0.2) is 48.7 Å². The average molecular weight is 318 g/mol. The van der Waals surface area contributed by atoms with Crippen molar-refractivity contribution in [3.63, 3.8) is 0 Å². The maximum Gasteiger partial charge on any atom is 0.235 e. The van der Waals surface area contributed by atoms with Gasteiger partial charge in [0.15, 0.2) is 0 Å². The summed E-state index contributed by atoms with van der Waals surface area (Å²) in [5, 5.41) is -0.162. The molecular weight excluding hydrogens is 299 g/mol. The summed E-state index contributed by atoms with van der Waals surface area (Å²) in [6, 6.07) is 11.4. The predicted molar refractivity (Wildman–Crippen MR) is 88.2 cm³/mol. The summed E-state index contributed by atoms with van der Waals surface area (Å²) in [6.45, 7) is 1.87. The fourth-order valence-electron chi connectivity index (χ4n) is 2.32. The Labute approximate surface area is 134 Å². The van der Waals surface area contributed by atoms with Gasteiger partial charge in [-0.1, -0.05) is 18.2 Å². The van der Waals surface area contributed by atoms with E-state index in [9.17, 15) is 9.18 Å². The highest BCUT2D eigenvalue weighted by atomic mass is 32.2. The van der Waals surface area contributed by atoms with Crippen molar-refractivity contribution in [1.29, 1.82) is 0 Å². The Bertz CT molecular complexity index is 636. The second-order valence-corrected chi connectivity index (χ2v) is 6.22. The highest BCUT2D eigenvalue weighted by molar-refractivity contribution is 7.99. The third-order valence-corrected chi connectivity index (χ3v) is 4.48. The van der Waals surface area contributed by atoms with E-state index in [0.29, 0.717) is 5.56 Å². The largest absolute Gasteiger partial charge is 0.332 e. The van der Waals surface area contributed by atoms with Crippen LogP contribution in [0.3, 0.4) is 0 Å². The second-order valence-electron chi connectivity index (χ2n) is 5.04. The van der Waals surface area contributed by atoms with Gasteiger partial charge in [-0.15, -0.1) is 0 Å². The van der Waals surface area contributed by atoms with Gasteiger partial charge in [-0.3, -0.25) is 9.78 Å². The van der Waals surface area contributed by atoms with Gasteiger partial charge in [-0.05, 0) is 43.0 Å². The minimum atomic E-state index is -0.404. The van der Waals surface area contributed by atoms with Gasteiger partial charge >= 0.3 is 0 Å². The molecule has 0 fully saturated rings. The first-order valence-electron chi connectivity index (χ1n) is 7.00. The van der Waals surface area contributed by atoms with Crippen LogP contribution in [0.25, 0.3) is 0 Å². The number of thioether (sulfide) groups is 1. The normalized spacial score (nSPS) is 13.5. The van der Waals surface area contributed by atoms with Gasteiger partial charge in [0.2, 0.25) is 5.91 Å². The molecule has 1 aromatic heterocycles. The third kappa shape index (κ3) is 3.65. The van der Waals surface area contributed by atoms with E-state index in [0.717, 1.165) is 5.69 Å². The van der Waals surface area contributed by atoms with E-state index in [1.165, 1.54) is 23.9 Å². The Morgan fingerprint density at radius 1 is 1.27 bits per heavy atom. The molecule has 0 saturated carbocycles. The summed E-state index contributed by atoms with van der Waals surface area (Å²) in [6.07, 6.45) is 3.58. The molecule has 1 amide bonds. The first kappa shape index (κ1) is 16.5. The van der Waals surface area contributed by atoms with E-state index in [1.807, 2.05) is 37.4 Å². The van der Waals surface area contributed by atoms with Crippen LogP contribution < -0.4 is 0 Å². The molecule has 0 saturated heterocycles. The van der Waals surface area contributed by atoms with E-state index in [2.05, 4.69) is 4.98 Å². The molecule has 0 spiro atoms. The van der Waals surface area contributed by atoms with Gasteiger partial charge in [0.25, 0.3) is 0 Å². The summed E-state index contributed by atoms with van der Waals surface area (Å²) in [5.74, 6) is -0.329.